The Morgan fingerprint density at radius 3 is 2.85 bits per heavy atom. The molecule has 112 valence electrons. The van der Waals surface area contributed by atoms with E-state index in [0.29, 0.717) is 0 Å². The number of methoxy groups -OCH3 is 1. The van der Waals surface area contributed by atoms with Gasteiger partial charge in [-0.3, -0.25) is 0 Å². The van der Waals surface area contributed by atoms with E-state index in [9.17, 15) is 4.79 Å². The minimum Gasteiger partial charge on any atom is -0.460 e. The van der Waals surface area contributed by atoms with Crippen LogP contribution in [0, 0.1) is 23.7 Å². The second-order valence-corrected chi connectivity index (χ2v) is 6.12. The molecule has 2 saturated carbocycles. The second-order valence-electron chi connectivity index (χ2n) is 6.12. The maximum atomic E-state index is 10.4. The first-order valence-corrected chi connectivity index (χ1v) is 7.64. The Labute approximate surface area is 122 Å². The van der Waals surface area contributed by atoms with E-state index in [-0.39, 0.29) is 12.7 Å². The van der Waals surface area contributed by atoms with Gasteiger partial charge in [0.1, 0.15) is 6.61 Å². The Balaban J connectivity index is 0.000000147. The third-order valence-corrected chi connectivity index (χ3v) is 4.95. The minimum absolute atomic E-state index is 0.0519. The summed E-state index contributed by atoms with van der Waals surface area (Å²) in [6.07, 6.45) is 12.1. The quantitative estimate of drug-likeness (QED) is 0.449. The lowest BCUT2D eigenvalue weighted by Crippen LogP contribution is -2.16. The molecule has 2 fully saturated rings. The van der Waals surface area contributed by atoms with Crippen molar-refractivity contribution >= 4 is 5.97 Å². The normalized spacial score (nSPS) is 34.1. The van der Waals surface area contributed by atoms with Crippen molar-refractivity contribution in [2.24, 2.45) is 23.7 Å². The molecule has 0 aromatic rings. The number of carbonyl (C=O) groups excluding carboxylic acids is 1. The molecule has 0 amide bonds. The van der Waals surface area contributed by atoms with Crippen molar-refractivity contribution in [3.8, 4) is 0 Å². The molecule has 0 aliphatic heterocycles. The van der Waals surface area contributed by atoms with Crippen molar-refractivity contribution in [3.05, 3.63) is 24.8 Å². The average molecular weight is 278 g/mol. The Morgan fingerprint density at radius 2 is 2.20 bits per heavy atom. The van der Waals surface area contributed by atoms with Crippen LogP contribution in [0.3, 0.4) is 0 Å². The number of carbonyl (C=O) groups is 1. The van der Waals surface area contributed by atoms with Gasteiger partial charge >= 0.3 is 5.97 Å². The molecular weight excluding hydrogens is 252 g/mol. The van der Waals surface area contributed by atoms with Gasteiger partial charge in [0, 0.05) is 13.2 Å². The number of rotatable bonds is 4. The fraction of sp³-hybridized carbons (Fsp3) is 0.706. The number of esters is 1. The van der Waals surface area contributed by atoms with Gasteiger partial charge in [-0.05, 0) is 56.3 Å². The van der Waals surface area contributed by atoms with Crippen molar-refractivity contribution in [1.29, 1.82) is 0 Å². The van der Waals surface area contributed by atoms with E-state index >= 15 is 0 Å². The molecule has 0 spiro atoms. The molecule has 5 unspecified atom stereocenters. The van der Waals surface area contributed by atoms with E-state index in [4.69, 9.17) is 4.74 Å². The van der Waals surface area contributed by atoms with Gasteiger partial charge in [-0.2, -0.15) is 0 Å². The lowest BCUT2D eigenvalue weighted by Gasteiger charge is -2.23. The molecule has 0 aromatic carbocycles. The van der Waals surface area contributed by atoms with Crippen molar-refractivity contribution in [3.63, 3.8) is 0 Å². The number of hydrogen-bond acceptors (Lipinski definition) is 3. The summed E-state index contributed by atoms with van der Waals surface area (Å²) in [7, 11) is 1.56. The van der Waals surface area contributed by atoms with Crippen LogP contribution in [-0.2, 0) is 14.3 Å². The van der Waals surface area contributed by atoms with Gasteiger partial charge in [0.25, 0.3) is 0 Å². The molecule has 0 saturated heterocycles. The average Bonchev–Trinajstić information content (AvgIpc) is 3.17. The SMILES string of the molecule is C1=CC2C3CCC(C3)C2C1.C=CC(=O)OCC(C)OC. The summed E-state index contributed by atoms with van der Waals surface area (Å²) in [6, 6.07) is 0. The monoisotopic (exact) mass is 278 g/mol. The Morgan fingerprint density at radius 1 is 1.45 bits per heavy atom. The van der Waals surface area contributed by atoms with E-state index in [0.717, 1.165) is 29.7 Å². The maximum absolute atomic E-state index is 10.4. The highest BCUT2D eigenvalue weighted by molar-refractivity contribution is 5.81. The van der Waals surface area contributed by atoms with Gasteiger partial charge in [0.05, 0.1) is 6.10 Å². The van der Waals surface area contributed by atoms with Crippen LogP contribution in [0.1, 0.15) is 32.6 Å². The topological polar surface area (TPSA) is 35.5 Å². The third kappa shape index (κ3) is 3.51. The summed E-state index contributed by atoms with van der Waals surface area (Å²) in [4.78, 5) is 10.4. The summed E-state index contributed by atoms with van der Waals surface area (Å²) >= 11 is 0. The van der Waals surface area contributed by atoms with Gasteiger partial charge in [-0.15, -0.1) is 0 Å². The molecular formula is C17H26O3. The fourth-order valence-corrected chi connectivity index (χ4v) is 3.82. The zero-order valence-corrected chi connectivity index (χ0v) is 12.6. The third-order valence-electron chi connectivity index (χ3n) is 4.95. The van der Waals surface area contributed by atoms with Crippen LogP contribution in [0.2, 0.25) is 0 Å². The van der Waals surface area contributed by atoms with Gasteiger partial charge in [-0.25, -0.2) is 4.79 Å². The van der Waals surface area contributed by atoms with Gasteiger partial charge in [0.15, 0.2) is 0 Å². The molecule has 0 heterocycles. The van der Waals surface area contributed by atoms with Gasteiger partial charge in [0.2, 0.25) is 0 Å². The van der Waals surface area contributed by atoms with Crippen molar-refractivity contribution in [1.82, 2.24) is 0 Å². The number of hydrogen-bond donors (Lipinski definition) is 0. The van der Waals surface area contributed by atoms with Crippen LogP contribution >= 0.6 is 0 Å². The zero-order valence-electron chi connectivity index (χ0n) is 12.6. The molecule has 3 aliphatic carbocycles. The molecule has 3 heteroatoms. The first-order chi connectivity index (χ1) is 9.65. The predicted molar refractivity (Wildman–Crippen MR) is 79.2 cm³/mol. The highest BCUT2D eigenvalue weighted by Crippen LogP contribution is 2.56. The van der Waals surface area contributed by atoms with Crippen LogP contribution in [0.4, 0.5) is 0 Å². The molecule has 3 aliphatic rings. The zero-order chi connectivity index (χ0) is 14.5. The molecule has 0 radical (unpaired) electrons. The summed E-state index contributed by atoms with van der Waals surface area (Å²) in [6.45, 7) is 5.34. The van der Waals surface area contributed by atoms with Gasteiger partial charge in [-0.1, -0.05) is 18.7 Å². The molecule has 3 nitrogen and oxygen atoms in total. The summed E-state index contributed by atoms with van der Waals surface area (Å²) in [5, 5.41) is 0. The van der Waals surface area contributed by atoms with Crippen molar-refractivity contribution in [2.45, 2.75) is 38.7 Å². The Hall–Kier alpha value is -1.09. The molecule has 5 atom stereocenters. The largest absolute Gasteiger partial charge is 0.460 e. The van der Waals surface area contributed by atoms with Crippen LogP contribution in [0.25, 0.3) is 0 Å². The van der Waals surface area contributed by atoms with E-state index in [2.05, 4.69) is 23.5 Å². The first-order valence-electron chi connectivity index (χ1n) is 7.64. The Kier molecular flexibility index (Phi) is 5.41. The van der Waals surface area contributed by atoms with Crippen LogP contribution in [0.15, 0.2) is 24.8 Å². The minimum atomic E-state index is -0.413. The molecule has 0 aromatic heterocycles. The fourth-order valence-electron chi connectivity index (χ4n) is 3.82. The standard InChI is InChI=1S/C10H14.C7H12O3/c1-2-9-7-4-5-8(6-7)10(9)3-1;1-4-7(8)10-5-6(2)9-3/h1-2,7-10H,3-6H2;4,6H,1,5H2,2-3H3. The smallest absolute Gasteiger partial charge is 0.330 e. The van der Waals surface area contributed by atoms with E-state index < -0.39 is 5.97 Å². The predicted octanol–water partition coefficient (Wildman–Crippen LogP) is 3.36. The van der Waals surface area contributed by atoms with Crippen LogP contribution in [-0.4, -0.2) is 25.8 Å². The molecule has 3 rings (SSSR count). The Bertz CT molecular complexity index is 374. The van der Waals surface area contributed by atoms with Crippen LogP contribution < -0.4 is 0 Å². The molecule has 20 heavy (non-hydrogen) atoms. The van der Waals surface area contributed by atoms with E-state index in [1.807, 2.05) is 6.92 Å². The van der Waals surface area contributed by atoms with Crippen LogP contribution in [0.5, 0.6) is 0 Å². The molecule has 0 N–H and O–H groups in total. The van der Waals surface area contributed by atoms with Crippen molar-refractivity contribution in [2.75, 3.05) is 13.7 Å². The maximum Gasteiger partial charge on any atom is 0.330 e. The van der Waals surface area contributed by atoms with Crippen molar-refractivity contribution < 1.29 is 14.3 Å². The van der Waals surface area contributed by atoms with Gasteiger partial charge < -0.3 is 9.47 Å². The number of ether oxygens (including phenoxy) is 2. The lowest BCUT2D eigenvalue weighted by atomic mass is 9.82. The van der Waals surface area contributed by atoms with E-state index in [1.54, 1.807) is 20.0 Å². The summed E-state index contributed by atoms with van der Waals surface area (Å²) in [5.74, 6) is 3.94. The number of allylic oxidation sites excluding steroid dienone is 2. The highest BCUT2D eigenvalue weighted by atomic mass is 16.6. The molecule has 2 bridgehead atoms. The first kappa shape index (κ1) is 15.3. The second kappa shape index (κ2) is 7.07. The summed E-state index contributed by atoms with van der Waals surface area (Å²) in [5.41, 5.74) is 0. The lowest BCUT2D eigenvalue weighted by molar-refractivity contribution is -0.140. The highest BCUT2D eigenvalue weighted by Gasteiger charge is 2.47. The number of fused-ring (bicyclic) bond motifs is 5. The summed E-state index contributed by atoms with van der Waals surface area (Å²) < 4.78 is 9.50. The van der Waals surface area contributed by atoms with E-state index in [1.165, 1.54) is 12.8 Å².